The average molecular weight is 1190 g/mol. The van der Waals surface area contributed by atoms with Gasteiger partial charge < -0.3 is 125 Å². The van der Waals surface area contributed by atoms with Gasteiger partial charge in [0.05, 0.1) is 34.3 Å². The molecule has 0 radical (unpaired) electrons. The highest BCUT2D eigenvalue weighted by atomic mass is 16.6. The molecule has 1 fully saturated rings. The molecule has 1 aliphatic carbocycles. The van der Waals surface area contributed by atoms with Crippen LogP contribution in [0, 0.1) is 5.92 Å². The van der Waals surface area contributed by atoms with Crippen LogP contribution in [0.5, 0.6) is 103 Å². The van der Waals surface area contributed by atoms with Gasteiger partial charge in [-0.3, -0.25) is 9.59 Å². The van der Waals surface area contributed by atoms with E-state index in [1.807, 2.05) is 0 Å². The fourth-order valence-corrected chi connectivity index (χ4v) is 12.4. The quantitative estimate of drug-likeness (QED) is 0.0637. The number of ketones is 1. The highest BCUT2D eigenvalue weighted by Gasteiger charge is 2.76. The number of ether oxygens (including phenoxy) is 7. The number of rotatable bonds is 1. The highest BCUT2D eigenvalue weighted by Crippen LogP contribution is 2.68. The Kier molecular flexibility index (Phi) is 11.0. The van der Waals surface area contributed by atoms with Gasteiger partial charge in [0.2, 0.25) is 34.4 Å². The van der Waals surface area contributed by atoms with Gasteiger partial charge in [0.15, 0.2) is 99.5 Å². The standard InChI is InChI=1S/C55H36O31/c56-14-7-21-26(45-10(14)3-20(62)44(82-45)9-1-15(57)33(63)16(58)2-9)31-47-48-46-22(8-80-50(75)11-4-17(59)34(64)37(67)23(11)24-12(52(77)83-46)5-18(60)35(65)38(24)68)81-51(76)13-6-19(61)36(66)39(69)25(13)27-29(53(78)85-48)28(41(71)43(73)40(27)70)30-32(54(79)84-47)55(31,86-21)49(74)42(30)72/h1-2,4-7,20,22,31-32,44,46-48,56-73H,3,8H2/t20-,22+,31+,32-,44+,46+,47+,48+,55-/m0/s1. The minimum absolute atomic E-state index is 0.286. The summed E-state index contributed by atoms with van der Waals surface area (Å²) < 4.78 is 42.6. The van der Waals surface area contributed by atoms with Crippen molar-refractivity contribution in [2.45, 2.75) is 54.6 Å². The number of cyclic esters (lactones) is 1. The molecule has 18 N–H and O–H groups in total. The monoisotopic (exact) mass is 1190 g/mol. The second-order valence-corrected chi connectivity index (χ2v) is 20.6. The van der Waals surface area contributed by atoms with E-state index in [9.17, 15) is 96.7 Å². The van der Waals surface area contributed by atoms with Crippen LogP contribution in [0.1, 0.15) is 75.7 Å². The molecule has 442 valence electrons. The summed E-state index contributed by atoms with van der Waals surface area (Å²) in [6, 6.07) is 3.55. The molecule has 6 bridgehead atoms. The lowest BCUT2D eigenvalue weighted by molar-refractivity contribution is -0.200. The molecule has 14 rings (SSSR count). The Morgan fingerprint density at radius 2 is 0.942 bits per heavy atom. The van der Waals surface area contributed by atoms with Crippen molar-refractivity contribution in [3.63, 3.8) is 0 Å². The Balaban J connectivity index is 1.15. The number of Topliss-reactive ketones (excluding diaryl/α,β-unsaturated/α-hetero) is 1. The van der Waals surface area contributed by atoms with E-state index in [1.165, 1.54) is 0 Å². The van der Waals surface area contributed by atoms with E-state index in [4.69, 9.17) is 33.2 Å². The average Bonchev–Trinajstić information content (AvgIpc) is 1.49. The van der Waals surface area contributed by atoms with Gasteiger partial charge in [0.1, 0.15) is 29.8 Å². The fraction of sp³-hybridized carbons (Fsp3) is 0.200. The van der Waals surface area contributed by atoms with Crippen molar-refractivity contribution in [3.8, 4) is 126 Å². The molecule has 31 heteroatoms. The number of aliphatic hydroxyl groups is 2. The third kappa shape index (κ3) is 6.80. The first-order valence-corrected chi connectivity index (χ1v) is 24.9. The van der Waals surface area contributed by atoms with Crippen LogP contribution in [0.15, 0.2) is 42.2 Å². The zero-order chi connectivity index (χ0) is 61.7. The summed E-state index contributed by atoms with van der Waals surface area (Å²) >= 11 is 0. The van der Waals surface area contributed by atoms with Crippen molar-refractivity contribution in [2.24, 2.45) is 5.92 Å². The molecular weight excluding hydrogens is 1160 g/mol. The summed E-state index contributed by atoms with van der Waals surface area (Å²) in [7, 11) is 0. The minimum atomic E-state index is -3.18. The molecule has 0 aromatic heterocycles. The lowest BCUT2D eigenvalue weighted by atomic mass is 9.66. The molecule has 0 unspecified atom stereocenters. The van der Waals surface area contributed by atoms with Gasteiger partial charge in [0.25, 0.3) is 0 Å². The fourth-order valence-electron chi connectivity index (χ4n) is 12.4. The van der Waals surface area contributed by atoms with Crippen molar-refractivity contribution in [1.29, 1.82) is 0 Å². The van der Waals surface area contributed by atoms with Crippen LogP contribution in [-0.4, -0.2) is 170 Å². The molecule has 86 heavy (non-hydrogen) atoms. The van der Waals surface area contributed by atoms with Crippen LogP contribution in [-0.2, 0) is 39.7 Å². The molecule has 7 heterocycles. The summed E-state index contributed by atoms with van der Waals surface area (Å²) in [6.45, 7) is -1.59. The molecular formula is C55H36O31. The van der Waals surface area contributed by atoms with Gasteiger partial charge in [-0.05, 0) is 30.3 Å². The summed E-state index contributed by atoms with van der Waals surface area (Å²) in [6.07, 6.45) is -15.4. The molecule has 1 saturated heterocycles. The first-order valence-electron chi connectivity index (χ1n) is 24.9. The molecule has 6 aromatic rings. The van der Waals surface area contributed by atoms with Crippen molar-refractivity contribution in [1.82, 2.24) is 0 Å². The number of carbonyl (C=O) groups is 6. The third-order valence-corrected chi connectivity index (χ3v) is 16.2. The van der Waals surface area contributed by atoms with E-state index in [-0.39, 0.29) is 11.1 Å². The van der Waals surface area contributed by atoms with Gasteiger partial charge >= 0.3 is 29.8 Å². The SMILES string of the molecule is O=C1OC[C@H]2OC(=O)c3cc(O)c(O)c(O)c3-c3c(O)c(O)c(O)c4c3C(=O)O[C@@H]([C@@H]3OC(=O)[C@@H]5C4=C(O)C(=O)[C@@]54Oc5cc(O)c6c(c5[C@H]34)O[C@H](c3cc(O)c(O)c(O)c3)[C@@H](O)C6)[C@@H]2OC(=O)c2cc(O)c(O)c(O)c2-c2c1cc(O)c(O)c2O. The Labute approximate surface area is 473 Å². The van der Waals surface area contributed by atoms with Crippen LogP contribution in [0.4, 0.5) is 0 Å². The number of phenolic OH excluding ortho intramolecular Hbond substituents is 16. The number of fused-ring (bicyclic) bond motifs is 10. The summed E-state index contributed by atoms with van der Waals surface area (Å²) in [5.41, 5.74) is -17.2. The molecule has 7 aliphatic heterocycles. The Morgan fingerprint density at radius 1 is 0.442 bits per heavy atom. The van der Waals surface area contributed by atoms with Crippen LogP contribution >= 0.6 is 0 Å². The summed E-state index contributed by atoms with van der Waals surface area (Å²) in [5.74, 6) is -41.3. The molecule has 6 aromatic carbocycles. The van der Waals surface area contributed by atoms with Crippen molar-refractivity contribution >= 4 is 41.2 Å². The van der Waals surface area contributed by atoms with E-state index in [1.54, 1.807) is 0 Å². The number of aromatic hydroxyl groups is 16. The Morgan fingerprint density at radius 3 is 1.52 bits per heavy atom. The van der Waals surface area contributed by atoms with E-state index < -0.39 is 273 Å². The topological polar surface area (TPSA) is 531 Å². The summed E-state index contributed by atoms with van der Waals surface area (Å²) in [4.78, 5) is 91.8. The van der Waals surface area contributed by atoms with E-state index in [2.05, 4.69) is 0 Å². The van der Waals surface area contributed by atoms with Crippen LogP contribution < -0.4 is 9.47 Å². The predicted molar refractivity (Wildman–Crippen MR) is 268 cm³/mol. The van der Waals surface area contributed by atoms with Crippen molar-refractivity contribution in [3.05, 3.63) is 86.7 Å². The van der Waals surface area contributed by atoms with E-state index in [0.29, 0.717) is 18.2 Å². The zero-order valence-electron chi connectivity index (χ0n) is 42.4. The van der Waals surface area contributed by atoms with Gasteiger partial charge in [-0.15, -0.1) is 0 Å². The maximum absolute atomic E-state index is 15.8. The largest absolute Gasteiger partial charge is 0.507 e. The van der Waals surface area contributed by atoms with Crippen LogP contribution in [0.25, 0.3) is 27.8 Å². The number of esters is 5. The van der Waals surface area contributed by atoms with E-state index in [0.717, 1.165) is 18.2 Å². The van der Waals surface area contributed by atoms with Gasteiger partial charge in [-0.2, -0.15) is 0 Å². The maximum Gasteiger partial charge on any atom is 0.340 e. The maximum atomic E-state index is 15.8. The third-order valence-electron chi connectivity index (χ3n) is 16.2. The lowest BCUT2D eigenvalue weighted by Crippen LogP contribution is -2.65. The minimum Gasteiger partial charge on any atom is -0.507 e. The number of carbonyl (C=O) groups excluding carboxylic acids is 6. The predicted octanol–water partition coefficient (Wildman–Crippen LogP) is 2.13. The summed E-state index contributed by atoms with van der Waals surface area (Å²) in [5, 5.41) is 202. The van der Waals surface area contributed by atoms with E-state index >= 15 is 24.0 Å². The first kappa shape index (κ1) is 53.5. The van der Waals surface area contributed by atoms with Gasteiger partial charge in [-0.25, -0.2) is 19.2 Å². The normalized spacial score (nSPS) is 24.9. The highest BCUT2D eigenvalue weighted by molar-refractivity contribution is 6.22. The molecule has 0 amide bonds. The van der Waals surface area contributed by atoms with Crippen molar-refractivity contribution in [2.75, 3.05) is 6.61 Å². The number of phenols is 16. The molecule has 8 aliphatic rings. The molecule has 0 saturated carbocycles. The number of hydrogen-bond acceptors (Lipinski definition) is 31. The molecule has 9 atom stereocenters. The second-order valence-electron chi connectivity index (χ2n) is 20.6. The Bertz CT molecular complexity index is 4270. The smallest absolute Gasteiger partial charge is 0.340 e. The number of aliphatic hydroxyl groups excluding tert-OH is 2. The Hall–Kier alpha value is -11.8. The van der Waals surface area contributed by atoms with Crippen LogP contribution in [0.2, 0.25) is 0 Å². The second kappa shape index (κ2) is 17.6. The van der Waals surface area contributed by atoms with Crippen molar-refractivity contribution < 1.29 is 154 Å². The number of benzene rings is 6. The van der Waals surface area contributed by atoms with Gasteiger partial charge in [0, 0.05) is 62.6 Å². The van der Waals surface area contributed by atoms with Crippen LogP contribution in [0.3, 0.4) is 0 Å². The number of hydrogen-bond donors (Lipinski definition) is 18. The lowest BCUT2D eigenvalue weighted by Gasteiger charge is -2.47. The zero-order valence-corrected chi connectivity index (χ0v) is 42.4. The molecule has 31 nitrogen and oxygen atoms in total. The molecule has 1 spiro atoms. The van der Waals surface area contributed by atoms with Gasteiger partial charge in [-0.1, -0.05) is 0 Å². The first-order chi connectivity index (χ1) is 40.6.